The molecule has 0 aliphatic heterocycles. The van der Waals surface area contributed by atoms with Gasteiger partial charge in [0.25, 0.3) is 0 Å². The van der Waals surface area contributed by atoms with Gasteiger partial charge in [-0.1, -0.05) is 6.07 Å². The highest BCUT2D eigenvalue weighted by atomic mass is 16.4. The van der Waals surface area contributed by atoms with Crippen molar-refractivity contribution in [3.05, 3.63) is 42.7 Å². The first-order valence-electron chi connectivity index (χ1n) is 5.79. The second-order valence-electron chi connectivity index (χ2n) is 4.17. The second-order valence-corrected chi connectivity index (χ2v) is 4.17. The highest BCUT2D eigenvalue weighted by Crippen LogP contribution is 2.29. The lowest BCUT2D eigenvalue weighted by molar-refractivity contribution is -0.695. The van der Waals surface area contributed by atoms with Gasteiger partial charge >= 0.3 is 5.97 Å². The Bertz CT molecular complexity index is 593. The van der Waals surface area contributed by atoms with Gasteiger partial charge in [0.2, 0.25) is 0 Å². The van der Waals surface area contributed by atoms with Crippen LogP contribution in [-0.2, 0) is 11.3 Å². The van der Waals surface area contributed by atoms with Gasteiger partial charge in [-0.3, -0.25) is 4.79 Å². The molecule has 5 nitrogen and oxygen atoms in total. The number of phenols is 2. The normalized spacial score (nSPS) is 10.3. The number of nitrogens with zero attached hydrogens (tertiary/aromatic N) is 1. The summed E-state index contributed by atoms with van der Waals surface area (Å²) in [7, 11) is 0. The molecule has 1 heterocycles. The molecule has 5 heteroatoms. The number of phenolic OH excluding ortho intramolecular Hbond substituents is 2. The van der Waals surface area contributed by atoms with Gasteiger partial charge in [0, 0.05) is 12.1 Å². The van der Waals surface area contributed by atoms with Crippen molar-refractivity contribution in [2.75, 3.05) is 0 Å². The van der Waals surface area contributed by atoms with E-state index < -0.39 is 5.97 Å². The van der Waals surface area contributed by atoms with Crippen LogP contribution in [0.15, 0.2) is 42.7 Å². The van der Waals surface area contributed by atoms with Gasteiger partial charge < -0.3 is 15.3 Å². The minimum absolute atomic E-state index is 0.0734. The lowest BCUT2D eigenvalue weighted by Gasteiger charge is -2.03. The van der Waals surface area contributed by atoms with E-state index >= 15 is 0 Å². The molecule has 1 aromatic heterocycles. The zero-order chi connectivity index (χ0) is 13.8. The Balaban J connectivity index is 2.17. The number of benzene rings is 1. The largest absolute Gasteiger partial charge is 0.504 e. The SMILES string of the molecule is O=C(O)CC[n+]1ccc(-c2ccc(O)c(O)c2)cc1. The van der Waals surface area contributed by atoms with Gasteiger partial charge in [-0.2, -0.15) is 0 Å². The quantitative estimate of drug-likeness (QED) is 0.575. The van der Waals surface area contributed by atoms with E-state index in [-0.39, 0.29) is 17.9 Å². The van der Waals surface area contributed by atoms with Crippen LogP contribution in [0.5, 0.6) is 11.5 Å². The number of carbonyl (C=O) groups is 1. The predicted octanol–water partition coefficient (Wildman–Crippen LogP) is 1.53. The summed E-state index contributed by atoms with van der Waals surface area (Å²) in [6.07, 6.45) is 3.63. The van der Waals surface area contributed by atoms with Crippen LogP contribution in [0.2, 0.25) is 0 Å². The third-order valence-corrected chi connectivity index (χ3v) is 2.78. The van der Waals surface area contributed by atoms with Crippen molar-refractivity contribution in [1.29, 1.82) is 0 Å². The van der Waals surface area contributed by atoms with Crippen molar-refractivity contribution in [1.82, 2.24) is 0 Å². The summed E-state index contributed by atoms with van der Waals surface area (Å²) in [4.78, 5) is 10.5. The fourth-order valence-electron chi connectivity index (χ4n) is 1.73. The molecule has 0 bridgehead atoms. The fraction of sp³-hybridized carbons (Fsp3) is 0.143. The molecule has 2 rings (SSSR count). The van der Waals surface area contributed by atoms with E-state index in [1.165, 1.54) is 12.1 Å². The van der Waals surface area contributed by atoms with Crippen LogP contribution in [0.25, 0.3) is 11.1 Å². The van der Waals surface area contributed by atoms with Crippen LogP contribution >= 0.6 is 0 Å². The molecule has 0 amide bonds. The molecule has 0 spiro atoms. The number of aryl methyl sites for hydroxylation is 1. The molecule has 3 N–H and O–H groups in total. The van der Waals surface area contributed by atoms with Gasteiger partial charge in [0.1, 0.15) is 6.42 Å². The highest BCUT2D eigenvalue weighted by Gasteiger charge is 2.07. The van der Waals surface area contributed by atoms with Gasteiger partial charge in [-0.25, -0.2) is 4.57 Å². The van der Waals surface area contributed by atoms with E-state index in [1.807, 2.05) is 12.1 Å². The van der Waals surface area contributed by atoms with E-state index in [1.54, 1.807) is 23.0 Å². The number of hydrogen-bond donors (Lipinski definition) is 3. The van der Waals surface area contributed by atoms with Crippen LogP contribution in [0.4, 0.5) is 0 Å². The lowest BCUT2D eigenvalue weighted by Crippen LogP contribution is -2.33. The zero-order valence-electron chi connectivity index (χ0n) is 10.2. The Morgan fingerprint density at radius 3 is 2.26 bits per heavy atom. The average Bonchev–Trinajstić information content (AvgIpc) is 2.40. The van der Waals surface area contributed by atoms with Crippen molar-refractivity contribution < 1.29 is 24.7 Å². The van der Waals surface area contributed by atoms with Gasteiger partial charge in [0.15, 0.2) is 30.4 Å². The molecule has 0 fully saturated rings. The highest BCUT2D eigenvalue weighted by molar-refractivity contribution is 5.66. The van der Waals surface area contributed by atoms with Gasteiger partial charge in [0.05, 0.1) is 0 Å². The number of aromatic nitrogens is 1. The molecule has 0 aliphatic rings. The number of carboxylic acid groups (broad SMARTS) is 1. The molecular weight excluding hydrogens is 246 g/mol. The zero-order valence-corrected chi connectivity index (χ0v) is 10.2. The summed E-state index contributed by atoms with van der Waals surface area (Å²) in [5.74, 6) is -1.16. The van der Waals surface area contributed by atoms with Crippen LogP contribution < -0.4 is 4.57 Å². The standard InChI is InChI=1S/C14H13NO4/c16-12-2-1-11(9-13(12)17)10-3-6-15(7-4-10)8-5-14(18)19/h1-4,6-7,9H,5,8H2,(H2,17,18,19)/p+1. The summed E-state index contributed by atoms with van der Waals surface area (Å²) in [6.45, 7) is 0.413. The van der Waals surface area contributed by atoms with E-state index in [0.29, 0.717) is 6.54 Å². The van der Waals surface area contributed by atoms with Crippen LogP contribution in [0.3, 0.4) is 0 Å². The third kappa shape index (κ3) is 3.22. The van der Waals surface area contributed by atoms with E-state index in [2.05, 4.69) is 0 Å². The summed E-state index contributed by atoms with van der Waals surface area (Å²) in [5.41, 5.74) is 1.66. The molecule has 0 unspecified atom stereocenters. The molecule has 0 aliphatic carbocycles. The molecule has 98 valence electrons. The predicted molar refractivity (Wildman–Crippen MR) is 67.7 cm³/mol. The molecule has 0 saturated heterocycles. The number of aromatic hydroxyl groups is 2. The Kier molecular flexibility index (Phi) is 3.66. The summed E-state index contributed by atoms with van der Waals surface area (Å²) < 4.78 is 1.78. The topological polar surface area (TPSA) is 81.6 Å². The monoisotopic (exact) mass is 260 g/mol. The first kappa shape index (κ1) is 12.9. The smallest absolute Gasteiger partial charge is 0.309 e. The van der Waals surface area contributed by atoms with Crippen LogP contribution in [0, 0.1) is 0 Å². The number of carboxylic acids is 1. The average molecular weight is 260 g/mol. The van der Waals surface area contributed by atoms with Gasteiger partial charge in [-0.15, -0.1) is 0 Å². The first-order chi connectivity index (χ1) is 9.06. The lowest BCUT2D eigenvalue weighted by atomic mass is 10.1. The molecular formula is C14H14NO4+. The molecule has 1 aromatic carbocycles. The molecule has 0 saturated carbocycles. The molecule has 19 heavy (non-hydrogen) atoms. The maximum Gasteiger partial charge on any atom is 0.309 e. The number of rotatable bonds is 4. The van der Waals surface area contributed by atoms with E-state index in [0.717, 1.165) is 11.1 Å². The fourth-order valence-corrected chi connectivity index (χ4v) is 1.73. The number of pyridine rings is 1. The maximum absolute atomic E-state index is 10.5. The van der Waals surface area contributed by atoms with E-state index in [9.17, 15) is 15.0 Å². The second kappa shape index (κ2) is 5.39. The van der Waals surface area contributed by atoms with Crippen molar-refractivity contribution >= 4 is 5.97 Å². The van der Waals surface area contributed by atoms with Crippen molar-refractivity contribution in [3.8, 4) is 22.6 Å². The maximum atomic E-state index is 10.5. The Hall–Kier alpha value is -2.56. The molecule has 0 atom stereocenters. The summed E-state index contributed by atoms with van der Waals surface area (Å²) >= 11 is 0. The summed E-state index contributed by atoms with van der Waals surface area (Å²) in [6, 6.07) is 8.26. The van der Waals surface area contributed by atoms with Crippen molar-refractivity contribution in [3.63, 3.8) is 0 Å². The van der Waals surface area contributed by atoms with E-state index in [4.69, 9.17) is 5.11 Å². The first-order valence-corrected chi connectivity index (χ1v) is 5.79. The minimum Gasteiger partial charge on any atom is -0.504 e. The Morgan fingerprint density at radius 2 is 1.68 bits per heavy atom. The molecule has 2 aromatic rings. The van der Waals surface area contributed by atoms with Crippen molar-refractivity contribution in [2.24, 2.45) is 0 Å². The third-order valence-electron chi connectivity index (χ3n) is 2.78. The molecule has 0 radical (unpaired) electrons. The van der Waals surface area contributed by atoms with Gasteiger partial charge in [-0.05, 0) is 23.3 Å². The Morgan fingerprint density at radius 1 is 1.00 bits per heavy atom. The van der Waals surface area contributed by atoms with Crippen LogP contribution in [-0.4, -0.2) is 21.3 Å². The number of hydrogen-bond acceptors (Lipinski definition) is 3. The number of aliphatic carboxylic acids is 1. The summed E-state index contributed by atoms with van der Waals surface area (Å²) in [5, 5.41) is 27.3. The Labute approximate surface area is 110 Å². The minimum atomic E-state index is -0.833. The van der Waals surface area contributed by atoms with Crippen molar-refractivity contribution in [2.45, 2.75) is 13.0 Å². The van der Waals surface area contributed by atoms with Crippen LogP contribution in [0.1, 0.15) is 6.42 Å².